The van der Waals surface area contributed by atoms with Crippen molar-refractivity contribution in [2.75, 3.05) is 14.2 Å². The Morgan fingerprint density at radius 3 is 1.80 bits per heavy atom. The molecule has 46 heavy (non-hydrogen) atoms. The maximum absolute atomic E-state index is 13.5. The van der Waals surface area contributed by atoms with E-state index in [-0.39, 0.29) is 11.9 Å². The minimum absolute atomic E-state index is 0.172. The van der Waals surface area contributed by atoms with Gasteiger partial charge in [-0.2, -0.15) is 0 Å². The summed E-state index contributed by atoms with van der Waals surface area (Å²) in [6.45, 7) is 21.4. The first-order valence-corrected chi connectivity index (χ1v) is 15.8. The molecule has 2 unspecified atom stereocenters. The number of hydrogen-bond donors (Lipinski definition) is 4. The molecule has 3 aromatic rings. The Kier molecular flexibility index (Phi) is 7.26. The number of hydrogen-bond acceptors (Lipinski definition) is 5. The highest BCUT2D eigenvalue weighted by molar-refractivity contribution is 6.01. The van der Waals surface area contributed by atoms with Crippen LogP contribution in [0.3, 0.4) is 0 Å². The van der Waals surface area contributed by atoms with Gasteiger partial charge in [0.15, 0.2) is 0 Å². The first-order valence-electron chi connectivity index (χ1n) is 15.8. The van der Waals surface area contributed by atoms with E-state index < -0.39 is 11.4 Å². The summed E-state index contributed by atoms with van der Waals surface area (Å²) >= 11 is 0. The fourth-order valence-electron chi connectivity index (χ4n) is 7.72. The fourth-order valence-corrected chi connectivity index (χ4v) is 7.72. The van der Waals surface area contributed by atoms with Gasteiger partial charge in [0.25, 0.3) is 0 Å². The molecule has 6 rings (SSSR count). The van der Waals surface area contributed by atoms with E-state index in [0.29, 0.717) is 5.57 Å². The summed E-state index contributed by atoms with van der Waals surface area (Å²) in [7, 11) is 2.80. The summed E-state index contributed by atoms with van der Waals surface area (Å²) in [6.07, 6.45) is 5.26. The maximum Gasteiger partial charge on any atom is 0.334 e. The molecule has 1 fully saturated rings. The first-order chi connectivity index (χ1) is 21.7. The van der Waals surface area contributed by atoms with Crippen molar-refractivity contribution < 1.29 is 19.1 Å². The lowest BCUT2D eigenvalue weighted by atomic mass is 9.73. The predicted molar refractivity (Wildman–Crippen MR) is 182 cm³/mol. The Labute approximate surface area is 270 Å². The van der Waals surface area contributed by atoms with Crippen LogP contribution in [0.15, 0.2) is 35.2 Å². The van der Waals surface area contributed by atoms with Crippen LogP contribution in [0.25, 0.3) is 22.3 Å². The van der Waals surface area contributed by atoms with Crippen LogP contribution in [0, 0.1) is 52.9 Å². The molecule has 2 atom stereocenters. The molecule has 0 saturated carbocycles. The van der Waals surface area contributed by atoms with Gasteiger partial charge in [-0.1, -0.05) is 6.92 Å². The standard InChI is InChI=1S/C38H44N4O4/c1-16-17(2)30-23(8)32-19(4)21(6)34(41-32)26-15-27(37(44)46-12)38(10)24(9)35(42-36(26)38)25(13-14-28(43)45-11)33-20(5)18(3)31(40-33)22(7)29(16)39-30/h13-15,24,39-42H,1-12H3/b14-13+,29-22?,30-23?,35-25?. The van der Waals surface area contributed by atoms with Crippen molar-refractivity contribution >= 4 is 34.2 Å². The number of esters is 2. The van der Waals surface area contributed by atoms with E-state index in [4.69, 9.17) is 9.47 Å². The van der Waals surface area contributed by atoms with Gasteiger partial charge in [0, 0.05) is 62.0 Å². The normalized spacial score (nSPS) is 20.6. The number of allylic oxidation sites excluding steroid dienone is 6. The number of carbonyl (C=O) groups excluding carboxylic acids is 2. The van der Waals surface area contributed by atoms with Gasteiger partial charge in [0.05, 0.1) is 31.2 Å². The topological polar surface area (TPSA) is 112 Å². The van der Waals surface area contributed by atoms with E-state index in [9.17, 15) is 9.59 Å². The fraction of sp³-hybridized carbons (Fsp3) is 0.368. The largest absolute Gasteiger partial charge is 0.466 e. The molecule has 0 amide bonds. The van der Waals surface area contributed by atoms with E-state index in [1.54, 1.807) is 0 Å². The molecule has 0 spiro atoms. The van der Waals surface area contributed by atoms with Crippen LogP contribution in [-0.4, -0.2) is 41.1 Å². The van der Waals surface area contributed by atoms with Crippen molar-refractivity contribution in [3.8, 4) is 0 Å². The van der Waals surface area contributed by atoms with Crippen LogP contribution in [0.2, 0.25) is 0 Å². The number of nitrogens with one attached hydrogen (secondary N) is 4. The van der Waals surface area contributed by atoms with E-state index in [1.165, 1.54) is 31.4 Å². The lowest BCUT2D eigenvalue weighted by Gasteiger charge is -2.28. The van der Waals surface area contributed by atoms with Gasteiger partial charge in [-0.3, -0.25) is 0 Å². The van der Waals surface area contributed by atoms with Gasteiger partial charge in [0.2, 0.25) is 0 Å². The highest BCUT2D eigenvalue weighted by Gasteiger charge is 2.54. The van der Waals surface area contributed by atoms with E-state index in [2.05, 4.69) is 89.5 Å². The summed E-state index contributed by atoms with van der Waals surface area (Å²) in [5.74, 6) is -0.980. The summed E-state index contributed by atoms with van der Waals surface area (Å²) in [4.78, 5) is 37.2. The van der Waals surface area contributed by atoms with Crippen LogP contribution in [0.4, 0.5) is 0 Å². The zero-order valence-electron chi connectivity index (χ0n) is 28.9. The Hall–Kier alpha value is -4.72. The maximum atomic E-state index is 13.5. The van der Waals surface area contributed by atoms with Crippen molar-refractivity contribution in [1.82, 2.24) is 20.3 Å². The molecule has 0 aromatic carbocycles. The molecule has 240 valence electrons. The van der Waals surface area contributed by atoms with Crippen molar-refractivity contribution in [2.45, 2.75) is 69.2 Å². The van der Waals surface area contributed by atoms with Gasteiger partial charge >= 0.3 is 11.9 Å². The third kappa shape index (κ3) is 4.11. The minimum atomic E-state index is -0.706. The third-order valence-electron chi connectivity index (χ3n) is 11.2. The lowest BCUT2D eigenvalue weighted by molar-refractivity contribution is -0.137. The number of rotatable bonds is 3. The van der Waals surface area contributed by atoms with Gasteiger partial charge in [-0.05, 0) is 119 Å². The number of aromatic nitrogens is 3. The zero-order chi connectivity index (χ0) is 33.6. The van der Waals surface area contributed by atoms with Gasteiger partial charge < -0.3 is 29.7 Å². The number of ether oxygens (including phenoxy) is 2. The molecule has 8 heteroatoms. The number of fused-ring (bicyclic) bond motifs is 8. The Morgan fingerprint density at radius 1 is 0.739 bits per heavy atom. The van der Waals surface area contributed by atoms with E-state index in [1.807, 2.05) is 12.2 Å². The molecule has 8 bridgehead atoms. The number of carbonyl (C=O) groups is 2. The number of methoxy groups -OCH3 is 2. The Bertz CT molecular complexity index is 2120. The molecule has 3 aliphatic rings. The Balaban J connectivity index is 1.83. The van der Waals surface area contributed by atoms with Crippen LogP contribution in [-0.2, 0) is 19.1 Å². The Morgan fingerprint density at radius 2 is 1.26 bits per heavy atom. The van der Waals surface area contributed by atoms with Gasteiger partial charge in [-0.15, -0.1) is 0 Å². The second-order valence-electron chi connectivity index (χ2n) is 13.2. The lowest BCUT2D eigenvalue weighted by Crippen LogP contribution is -2.28. The van der Waals surface area contributed by atoms with Crippen LogP contribution >= 0.6 is 0 Å². The minimum Gasteiger partial charge on any atom is -0.466 e. The van der Waals surface area contributed by atoms with Crippen molar-refractivity contribution in [3.05, 3.63) is 102 Å². The summed E-state index contributed by atoms with van der Waals surface area (Å²) in [5, 5.41) is 5.97. The monoisotopic (exact) mass is 620 g/mol. The van der Waals surface area contributed by atoms with Crippen LogP contribution < -0.4 is 16.0 Å². The highest BCUT2D eigenvalue weighted by Crippen LogP contribution is 2.58. The van der Waals surface area contributed by atoms with Crippen molar-refractivity contribution in [3.63, 3.8) is 0 Å². The summed E-state index contributed by atoms with van der Waals surface area (Å²) in [6, 6.07) is 0. The summed E-state index contributed by atoms with van der Waals surface area (Å²) < 4.78 is 10.4. The molecule has 3 aromatic heterocycles. The number of H-pyrrole nitrogens is 3. The third-order valence-corrected chi connectivity index (χ3v) is 11.2. The van der Waals surface area contributed by atoms with Crippen LogP contribution in [0.1, 0.15) is 83.9 Å². The SMILES string of the molecule is COC(=O)/C=C/C1=C2NC3=C(C=C(C(=O)OC)C3(C)C2C)c2[nH]c(c(C)c2C)C(C)=c2[nH]c(c(C)c2C)=C(C)c2[nH]c1c(C)c2C. The highest BCUT2D eigenvalue weighted by atomic mass is 16.5. The average Bonchev–Trinajstić information content (AvgIpc) is 3.77. The molecule has 1 aliphatic carbocycles. The quantitative estimate of drug-likeness (QED) is 0.229. The molecule has 2 aliphatic heterocycles. The molecular formula is C38H44N4O4. The molecule has 8 nitrogen and oxygen atoms in total. The molecular weight excluding hydrogens is 576 g/mol. The predicted octanol–water partition coefficient (Wildman–Crippen LogP) is 5.48. The molecule has 0 radical (unpaired) electrons. The van der Waals surface area contributed by atoms with Crippen LogP contribution in [0.5, 0.6) is 0 Å². The van der Waals surface area contributed by atoms with Crippen molar-refractivity contribution in [1.29, 1.82) is 0 Å². The van der Waals surface area contributed by atoms with Gasteiger partial charge in [-0.25, -0.2) is 9.59 Å². The second kappa shape index (κ2) is 10.7. The van der Waals surface area contributed by atoms with E-state index in [0.717, 1.165) is 89.4 Å². The van der Waals surface area contributed by atoms with E-state index >= 15 is 0 Å². The molecule has 5 heterocycles. The smallest absolute Gasteiger partial charge is 0.334 e. The van der Waals surface area contributed by atoms with Gasteiger partial charge in [0.1, 0.15) is 0 Å². The summed E-state index contributed by atoms with van der Waals surface area (Å²) in [5.41, 5.74) is 16.5. The van der Waals surface area contributed by atoms with Crippen molar-refractivity contribution in [2.24, 2.45) is 11.3 Å². The zero-order valence-corrected chi connectivity index (χ0v) is 28.9. The first kappa shape index (κ1) is 31.3. The second-order valence-corrected chi connectivity index (χ2v) is 13.2. The average molecular weight is 621 g/mol. The molecule has 1 saturated heterocycles. The molecule has 4 N–H and O–H groups in total. The number of aromatic amines is 3.